The summed E-state index contributed by atoms with van der Waals surface area (Å²) in [6.45, 7) is 12.1. The van der Waals surface area contributed by atoms with E-state index < -0.39 is 0 Å². The zero-order valence-electron chi connectivity index (χ0n) is 13.2. The largest absolute Gasteiger partial charge is 0.466 e. The van der Waals surface area contributed by atoms with Crippen molar-refractivity contribution >= 4 is 5.97 Å². The highest BCUT2D eigenvalue weighted by Gasteiger charge is 2.40. The van der Waals surface area contributed by atoms with Gasteiger partial charge in [0.25, 0.3) is 0 Å². The van der Waals surface area contributed by atoms with Crippen LogP contribution in [0.25, 0.3) is 0 Å². The third kappa shape index (κ3) is 5.11. The molecule has 1 saturated heterocycles. The van der Waals surface area contributed by atoms with Crippen molar-refractivity contribution in [3.05, 3.63) is 0 Å². The van der Waals surface area contributed by atoms with Crippen LogP contribution in [0.2, 0.25) is 0 Å². The zero-order valence-corrected chi connectivity index (χ0v) is 13.2. The summed E-state index contributed by atoms with van der Waals surface area (Å²) in [4.78, 5) is 10.6. The van der Waals surface area contributed by atoms with Gasteiger partial charge in [0.2, 0.25) is 0 Å². The molecule has 1 aliphatic heterocycles. The maximum absolute atomic E-state index is 10.6. The van der Waals surface area contributed by atoms with Crippen molar-refractivity contribution < 1.29 is 9.53 Å². The number of nitrogens with one attached hydrogen (secondary N) is 1. The fourth-order valence-corrected chi connectivity index (χ4v) is 3.06. The minimum atomic E-state index is -0.189. The lowest BCUT2D eigenvalue weighted by molar-refractivity contribution is -0.141. The first-order chi connectivity index (χ1) is 8.76. The van der Waals surface area contributed by atoms with Gasteiger partial charge in [0.1, 0.15) is 0 Å². The van der Waals surface area contributed by atoms with Gasteiger partial charge in [0.15, 0.2) is 0 Å². The number of piperidine rings is 1. The first-order valence-corrected chi connectivity index (χ1v) is 7.43. The summed E-state index contributed by atoms with van der Waals surface area (Å²) in [6.07, 6.45) is 5.70. The quantitative estimate of drug-likeness (QED) is 0.595. The molecule has 1 heterocycles. The van der Waals surface area contributed by atoms with Gasteiger partial charge in [0, 0.05) is 24.5 Å². The van der Waals surface area contributed by atoms with Gasteiger partial charge in [-0.1, -0.05) is 0 Å². The standard InChI is InChI=1S/C15H30N2O2/c1-13(18)19-12-7-6-11-16-17-14(2,3)9-8-10-15(17,4)5/h16H,6-12H2,1-5H3. The van der Waals surface area contributed by atoms with Gasteiger partial charge < -0.3 is 4.74 Å². The second-order valence-corrected chi connectivity index (χ2v) is 6.77. The minimum absolute atomic E-state index is 0.189. The molecule has 1 fully saturated rings. The predicted molar refractivity (Wildman–Crippen MR) is 77.7 cm³/mol. The first kappa shape index (κ1) is 16.4. The minimum Gasteiger partial charge on any atom is -0.466 e. The van der Waals surface area contributed by atoms with Crippen LogP contribution in [0, 0.1) is 0 Å². The lowest BCUT2D eigenvalue weighted by atomic mass is 9.81. The Kier molecular flexibility index (Phi) is 5.81. The number of carbonyl (C=O) groups excluding carboxylic acids is 1. The van der Waals surface area contributed by atoms with Crippen LogP contribution in [0.3, 0.4) is 0 Å². The second-order valence-electron chi connectivity index (χ2n) is 6.77. The fourth-order valence-electron chi connectivity index (χ4n) is 3.06. The van der Waals surface area contributed by atoms with Gasteiger partial charge in [0.05, 0.1) is 6.61 Å². The van der Waals surface area contributed by atoms with Crippen LogP contribution in [0.1, 0.15) is 66.7 Å². The Bertz CT molecular complexity index is 285. The molecule has 0 aromatic heterocycles. The number of unbranched alkanes of at least 4 members (excludes halogenated alkanes) is 1. The molecule has 0 atom stereocenters. The Labute approximate surface area is 117 Å². The average molecular weight is 270 g/mol. The third-order valence-corrected chi connectivity index (χ3v) is 3.93. The van der Waals surface area contributed by atoms with Crippen LogP contribution >= 0.6 is 0 Å². The summed E-state index contributed by atoms with van der Waals surface area (Å²) in [5.74, 6) is -0.189. The van der Waals surface area contributed by atoms with Gasteiger partial charge in [-0.3, -0.25) is 10.2 Å². The van der Waals surface area contributed by atoms with Crippen molar-refractivity contribution in [2.45, 2.75) is 77.8 Å². The monoisotopic (exact) mass is 270 g/mol. The molecule has 19 heavy (non-hydrogen) atoms. The molecular formula is C15H30N2O2. The molecule has 0 aliphatic carbocycles. The van der Waals surface area contributed by atoms with E-state index >= 15 is 0 Å². The molecule has 112 valence electrons. The van der Waals surface area contributed by atoms with Gasteiger partial charge in [-0.25, -0.2) is 5.01 Å². The van der Waals surface area contributed by atoms with E-state index in [0.29, 0.717) is 6.61 Å². The normalized spacial score (nSPS) is 22.2. The van der Waals surface area contributed by atoms with Crippen molar-refractivity contribution in [1.82, 2.24) is 10.4 Å². The van der Waals surface area contributed by atoms with Crippen molar-refractivity contribution in [3.63, 3.8) is 0 Å². The van der Waals surface area contributed by atoms with Crippen LogP contribution in [-0.2, 0) is 9.53 Å². The van der Waals surface area contributed by atoms with Gasteiger partial charge in [-0.2, -0.15) is 0 Å². The highest BCUT2D eigenvalue weighted by molar-refractivity contribution is 5.65. The van der Waals surface area contributed by atoms with E-state index in [-0.39, 0.29) is 17.0 Å². The van der Waals surface area contributed by atoms with E-state index in [9.17, 15) is 4.79 Å². The molecule has 0 amide bonds. The molecule has 0 radical (unpaired) electrons. The first-order valence-electron chi connectivity index (χ1n) is 7.43. The molecule has 1 aliphatic rings. The Balaban J connectivity index is 2.31. The van der Waals surface area contributed by atoms with Crippen molar-refractivity contribution in [2.75, 3.05) is 13.2 Å². The summed E-state index contributed by atoms with van der Waals surface area (Å²) in [5, 5.41) is 2.43. The summed E-state index contributed by atoms with van der Waals surface area (Å²) in [5.41, 5.74) is 4.00. The van der Waals surface area contributed by atoms with Crippen LogP contribution < -0.4 is 5.43 Å². The van der Waals surface area contributed by atoms with E-state index in [1.165, 1.54) is 26.2 Å². The van der Waals surface area contributed by atoms with E-state index in [1.807, 2.05) is 0 Å². The van der Waals surface area contributed by atoms with Crippen LogP contribution in [0.15, 0.2) is 0 Å². The van der Waals surface area contributed by atoms with E-state index in [2.05, 4.69) is 38.1 Å². The lowest BCUT2D eigenvalue weighted by Crippen LogP contribution is -2.64. The molecule has 1 rings (SSSR count). The molecule has 0 aromatic rings. The Morgan fingerprint density at radius 1 is 1.16 bits per heavy atom. The van der Waals surface area contributed by atoms with Gasteiger partial charge >= 0.3 is 5.97 Å². The average Bonchev–Trinajstić information content (AvgIpc) is 2.24. The van der Waals surface area contributed by atoms with E-state index in [4.69, 9.17) is 4.74 Å². The van der Waals surface area contributed by atoms with Crippen LogP contribution in [0.5, 0.6) is 0 Å². The summed E-state index contributed by atoms with van der Waals surface area (Å²) < 4.78 is 4.94. The number of carbonyl (C=O) groups is 1. The summed E-state index contributed by atoms with van der Waals surface area (Å²) in [6, 6.07) is 0. The molecule has 4 nitrogen and oxygen atoms in total. The second kappa shape index (κ2) is 6.71. The maximum Gasteiger partial charge on any atom is 0.302 e. The number of esters is 1. The zero-order chi connectivity index (χ0) is 14.5. The van der Waals surface area contributed by atoms with Crippen LogP contribution in [0.4, 0.5) is 0 Å². The van der Waals surface area contributed by atoms with Crippen LogP contribution in [-0.4, -0.2) is 35.2 Å². The Morgan fingerprint density at radius 2 is 1.74 bits per heavy atom. The number of ether oxygens (including phenoxy) is 1. The maximum atomic E-state index is 10.6. The Morgan fingerprint density at radius 3 is 2.26 bits per heavy atom. The predicted octanol–water partition coefficient (Wildman–Crippen LogP) is 2.88. The van der Waals surface area contributed by atoms with Gasteiger partial charge in [-0.05, 0) is 59.8 Å². The van der Waals surface area contributed by atoms with Gasteiger partial charge in [-0.15, -0.1) is 0 Å². The molecule has 0 bridgehead atoms. The fraction of sp³-hybridized carbons (Fsp3) is 0.933. The smallest absolute Gasteiger partial charge is 0.302 e. The number of nitrogens with zero attached hydrogens (tertiary/aromatic N) is 1. The SMILES string of the molecule is CC(=O)OCCCCNN1C(C)(C)CCCC1(C)C. The van der Waals surface area contributed by atoms with E-state index in [1.54, 1.807) is 0 Å². The third-order valence-electron chi connectivity index (χ3n) is 3.93. The van der Waals surface area contributed by atoms with E-state index in [0.717, 1.165) is 19.4 Å². The summed E-state index contributed by atoms with van der Waals surface area (Å²) >= 11 is 0. The molecule has 0 aromatic carbocycles. The van der Waals surface area contributed by atoms with Crippen molar-refractivity contribution in [1.29, 1.82) is 0 Å². The number of hydrogen-bond acceptors (Lipinski definition) is 4. The topological polar surface area (TPSA) is 41.6 Å². The molecular weight excluding hydrogens is 240 g/mol. The Hall–Kier alpha value is -0.610. The highest BCUT2D eigenvalue weighted by atomic mass is 16.5. The molecule has 0 spiro atoms. The van der Waals surface area contributed by atoms with Crippen molar-refractivity contribution in [2.24, 2.45) is 0 Å². The lowest BCUT2D eigenvalue weighted by Gasteiger charge is -2.52. The molecule has 0 saturated carbocycles. The number of hydrogen-bond donors (Lipinski definition) is 1. The number of rotatable bonds is 6. The molecule has 4 heteroatoms. The van der Waals surface area contributed by atoms with Crippen molar-refractivity contribution in [3.8, 4) is 0 Å². The highest BCUT2D eigenvalue weighted by Crippen LogP contribution is 2.36. The summed E-state index contributed by atoms with van der Waals surface area (Å²) in [7, 11) is 0. The molecule has 1 N–H and O–H groups in total. The molecule has 0 unspecified atom stereocenters. The number of hydrazine groups is 1.